The van der Waals surface area contributed by atoms with Crippen LogP contribution in [0.15, 0.2) is 12.3 Å². The van der Waals surface area contributed by atoms with Crippen molar-refractivity contribution in [3.8, 4) is 0 Å². The Labute approximate surface area is 53.6 Å². The lowest BCUT2D eigenvalue weighted by Crippen LogP contribution is -2.42. The molecule has 0 spiro atoms. The average molecular weight is 130 g/mol. The van der Waals surface area contributed by atoms with Gasteiger partial charge < -0.3 is 14.9 Å². The van der Waals surface area contributed by atoms with Crippen LogP contribution in [-0.2, 0) is 4.74 Å². The SMILES string of the molecule is CC1OC=CCC1(O)O. The zero-order valence-corrected chi connectivity index (χ0v) is 5.24. The maximum Gasteiger partial charge on any atom is 0.204 e. The smallest absolute Gasteiger partial charge is 0.204 e. The van der Waals surface area contributed by atoms with Crippen LogP contribution in [0.1, 0.15) is 13.3 Å². The number of hydrogen-bond acceptors (Lipinski definition) is 3. The Hall–Kier alpha value is -0.540. The van der Waals surface area contributed by atoms with E-state index in [-0.39, 0.29) is 6.42 Å². The van der Waals surface area contributed by atoms with Gasteiger partial charge in [-0.15, -0.1) is 0 Å². The van der Waals surface area contributed by atoms with Gasteiger partial charge in [0.25, 0.3) is 0 Å². The zero-order chi connectivity index (χ0) is 6.91. The molecule has 0 fully saturated rings. The molecule has 0 aromatic carbocycles. The van der Waals surface area contributed by atoms with E-state index in [2.05, 4.69) is 0 Å². The lowest BCUT2D eigenvalue weighted by molar-refractivity contribution is -0.224. The molecule has 1 atom stereocenters. The van der Waals surface area contributed by atoms with Crippen molar-refractivity contribution in [2.45, 2.75) is 25.2 Å². The van der Waals surface area contributed by atoms with Crippen LogP contribution in [0.25, 0.3) is 0 Å². The summed E-state index contributed by atoms with van der Waals surface area (Å²) in [5.74, 6) is -1.67. The minimum atomic E-state index is -1.67. The maximum absolute atomic E-state index is 9.02. The summed E-state index contributed by atoms with van der Waals surface area (Å²) in [7, 11) is 0. The molecule has 0 aromatic heterocycles. The van der Waals surface area contributed by atoms with E-state index >= 15 is 0 Å². The number of rotatable bonds is 0. The second-order valence-corrected chi connectivity index (χ2v) is 2.23. The molecule has 0 amide bonds. The van der Waals surface area contributed by atoms with Gasteiger partial charge in [0, 0.05) is 6.42 Å². The minimum absolute atomic E-state index is 0.244. The normalized spacial score (nSPS) is 31.7. The molecule has 9 heavy (non-hydrogen) atoms. The summed E-state index contributed by atoms with van der Waals surface area (Å²) < 4.78 is 4.81. The first-order valence-corrected chi connectivity index (χ1v) is 2.88. The maximum atomic E-state index is 9.02. The van der Waals surface area contributed by atoms with E-state index in [1.807, 2.05) is 0 Å². The Balaban J connectivity index is 2.64. The fourth-order valence-electron chi connectivity index (χ4n) is 0.670. The van der Waals surface area contributed by atoms with Gasteiger partial charge in [-0.05, 0) is 13.0 Å². The fourth-order valence-corrected chi connectivity index (χ4v) is 0.670. The van der Waals surface area contributed by atoms with Gasteiger partial charge in [-0.2, -0.15) is 0 Å². The second kappa shape index (κ2) is 2.01. The van der Waals surface area contributed by atoms with Gasteiger partial charge in [0.2, 0.25) is 5.79 Å². The molecule has 0 radical (unpaired) electrons. The first-order valence-electron chi connectivity index (χ1n) is 2.88. The molecule has 52 valence electrons. The second-order valence-electron chi connectivity index (χ2n) is 2.23. The highest BCUT2D eigenvalue weighted by molar-refractivity contribution is 4.90. The van der Waals surface area contributed by atoms with Gasteiger partial charge in [-0.25, -0.2) is 0 Å². The van der Waals surface area contributed by atoms with Gasteiger partial charge in [0.05, 0.1) is 6.26 Å². The van der Waals surface area contributed by atoms with E-state index < -0.39 is 11.9 Å². The van der Waals surface area contributed by atoms with E-state index in [9.17, 15) is 0 Å². The van der Waals surface area contributed by atoms with Gasteiger partial charge >= 0.3 is 0 Å². The molecule has 0 bridgehead atoms. The van der Waals surface area contributed by atoms with Crippen LogP contribution in [0.4, 0.5) is 0 Å². The molecular formula is C6H10O3. The Morgan fingerprint density at radius 2 is 2.33 bits per heavy atom. The molecule has 3 heteroatoms. The summed E-state index contributed by atoms with van der Waals surface area (Å²) in [6.07, 6.45) is 2.78. The van der Waals surface area contributed by atoms with Crippen LogP contribution in [0.3, 0.4) is 0 Å². The third-order valence-corrected chi connectivity index (χ3v) is 1.45. The zero-order valence-electron chi connectivity index (χ0n) is 5.24. The molecule has 0 saturated heterocycles. The standard InChI is InChI=1S/C6H10O3/c1-5-6(7,8)3-2-4-9-5/h2,4-5,7-8H,3H2,1H3. The van der Waals surface area contributed by atoms with E-state index in [4.69, 9.17) is 14.9 Å². The van der Waals surface area contributed by atoms with Crippen molar-refractivity contribution in [1.82, 2.24) is 0 Å². The van der Waals surface area contributed by atoms with Crippen molar-refractivity contribution in [1.29, 1.82) is 0 Å². The highest BCUT2D eigenvalue weighted by Gasteiger charge is 2.32. The van der Waals surface area contributed by atoms with Crippen LogP contribution in [-0.4, -0.2) is 22.1 Å². The molecule has 1 aliphatic heterocycles. The summed E-state index contributed by atoms with van der Waals surface area (Å²) >= 11 is 0. The lowest BCUT2D eigenvalue weighted by Gasteiger charge is -2.29. The molecule has 2 N–H and O–H groups in total. The van der Waals surface area contributed by atoms with Gasteiger partial charge in [0.1, 0.15) is 6.10 Å². The van der Waals surface area contributed by atoms with E-state index in [1.54, 1.807) is 13.0 Å². The monoisotopic (exact) mass is 130 g/mol. The molecular weight excluding hydrogens is 120 g/mol. The third kappa shape index (κ3) is 1.23. The van der Waals surface area contributed by atoms with Crippen molar-refractivity contribution in [2.75, 3.05) is 0 Å². The molecule has 1 rings (SSSR count). The summed E-state index contributed by atoms with van der Waals surface area (Å²) in [6.45, 7) is 1.61. The van der Waals surface area contributed by atoms with Crippen molar-refractivity contribution in [3.63, 3.8) is 0 Å². The molecule has 3 nitrogen and oxygen atoms in total. The highest BCUT2D eigenvalue weighted by Crippen LogP contribution is 2.19. The van der Waals surface area contributed by atoms with Crippen LogP contribution < -0.4 is 0 Å². The molecule has 1 heterocycles. The molecule has 1 unspecified atom stereocenters. The fraction of sp³-hybridized carbons (Fsp3) is 0.667. The number of ether oxygens (including phenoxy) is 1. The molecule has 0 saturated carbocycles. The Morgan fingerprint density at radius 3 is 2.67 bits per heavy atom. The Bertz CT molecular complexity index is 128. The van der Waals surface area contributed by atoms with Crippen LogP contribution in [0.2, 0.25) is 0 Å². The van der Waals surface area contributed by atoms with Crippen molar-refractivity contribution < 1.29 is 14.9 Å². The van der Waals surface area contributed by atoms with Crippen LogP contribution in [0, 0.1) is 0 Å². The molecule has 0 aromatic rings. The third-order valence-electron chi connectivity index (χ3n) is 1.45. The van der Waals surface area contributed by atoms with E-state index in [0.717, 1.165) is 0 Å². The summed E-state index contributed by atoms with van der Waals surface area (Å²) in [6, 6.07) is 0. The topological polar surface area (TPSA) is 49.7 Å². The Morgan fingerprint density at radius 1 is 1.67 bits per heavy atom. The molecule has 1 aliphatic rings. The molecule has 0 aliphatic carbocycles. The number of hydrogen-bond donors (Lipinski definition) is 2. The van der Waals surface area contributed by atoms with E-state index in [1.165, 1.54) is 6.26 Å². The van der Waals surface area contributed by atoms with Gasteiger partial charge in [-0.1, -0.05) is 0 Å². The van der Waals surface area contributed by atoms with Gasteiger partial charge in [0.15, 0.2) is 0 Å². The predicted octanol–water partition coefficient (Wildman–Crippen LogP) is -0.0102. The Kier molecular flexibility index (Phi) is 1.47. The predicted molar refractivity (Wildman–Crippen MR) is 31.5 cm³/mol. The quantitative estimate of drug-likeness (QED) is 0.453. The van der Waals surface area contributed by atoms with Gasteiger partial charge in [-0.3, -0.25) is 0 Å². The summed E-state index contributed by atoms with van der Waals surface area (Å²) in [5.41, 5.74) is 0. The first kappa shape index (κ1) is 6.58. The summed E-state index contributed by atoms with van der Waals surface area (Å²) in [4.78, 5) is 0. The van der Waals surface area contributed by atoms with Crippen molar-refractivity contribution >= 4 is 0 Å². The lowest BCUT2D eigenvalue weighted by atomic mass is 10.1. The number of aliphatic hydroxyl groups is 2. The highest BCUT2D eigenvalue weighted by atomic mass is 16.6. The minimum Gasteiger partial charge on any atom is -0.493 e. The van der Waals surface area contributed by atoms with Crippen LogP contribution >= 0.6 is 0 Å². The average Bonchev–Trinajstić information content (AvgIpc) is 1.77. The first-order chi connectivity index (χ1) is 4.13. The van der Waals surface area contributed by atoms with Crippen molar-refractivity contribution in [3.05, 3.63) is 12.3 Å². The van der Waals surface area contributed by atoms with Crippen LogP contribution in [0.5, 0.6) is 0 Å². The van der Waals surface area contributed by atoms with Crippen molar-refractivity contribution in [2.24, 2.45) is 0 Å². The van der Waals surface area contributed by atoms with E-state index in [0.29, 0.717) is 0 Å². The summed E-state index contributed by atoms with van der Waals surface area (Å²) in [5, 5.41) is 18.0. The largest absolute Gasteiger partial charge is 0.493 e.